The van der Waals surface area contributed by atoms with Gasteiger partial charge in [-0.05, 0) is 0 Å². The third-order valence-electron chi connectivity index (χ3n) is 1.60. The average molecular weight is 254 g/mol. The van der Waals surface area contributed by atoms with Crippen molar-refractivity contribution in [2.75, 3.05) is 0 Å². The lowest BCUT2D eigenvalue weighted by Gasteiger charge is -2.23. The van der Waals surface area contributed by atoms with Gasteiger partial charge in [0.15, 0.2) is 8.67 Å². The summed E-state index contributed by atoms with van der Waals surface area (Å²) in [6.45, 7) is 0. The number of hydrogen-bond acceptors (Lipinski definition) is 3. The molecule has 0 heterocycles. The van der Waals surface area contributed by atoms with Gasteiger partial charge in [0.1, 0.15) is 0 Å². The van der Waals surface area contributed by atoms with Gasteiger partial charge in [0.05, 0.1) is 0 Å². The van der Waals surface area contributed by atoms with E-state index in [4.69, 9.17) is 56.6 Å². The molecule has 0 aromatic heterocycles. The maximum Gasteiger partial charge on any atom is 0.261 e. The van der Waals surface area contributed by atoms with Gasteiger partial charge in [0.2, 0.25) is 5.78 Å². The molecule has 1 aliphatic rings. The maximum absolute atomic E-state index is 11.0. The van der Waals surface area contributed by atoms with Crippen LogP contribution < -0.4 is 0 Å². The minimum atomic E-state index is -2.89. The van der Waals surface area contributed by atoms with Crippen LogP contribution in [0.2, 0.25) is 0 Å². The van der Waals surface area contributed by atoms with E-state index >= 15 is 0 Å². The molecule has 0 unspecified atom stereocenters. The van der Waals surface area contributed by atoms with Crippen molar-refractivity contribution in [2.24, 2.45) is 0 Å². The third-order valence-corrected chi connectivity index (χ3v) is 3.01. The molecule has 3 nitrogen and oxygen atoms in total. The van der Waals surface area contributed by atoms with Gasteiger partial charge in [-0.15, -0.1) is 0 Å². The highest BCUT2D eigenvalue weighted by molar-refractivity contribution is 6.64. The number of halogens is 4. The van der Waals surface area contributed by atoms with Crippen LogP contribution in [-0.2, 0) is 4.79 Å². The van der Waals surface area contributed by atoms with E-state index in [1.807, 2.05) is 0 Å². The van der Waals surface area contributed by atoms with Crippen LogP contribution >= 0.6 is 46.4 Å². The Balaban J connectivity index is 3.14. The van der Waals surface area contributed by atoms with Crippen LogP contribution in [0.5, 0.6) is 0 Å². The Morgan fingerprint density at radius 1 is 1.17 bits per heavy atom. The van der Waals surface area contributed by atoms with E-state index in [1.165, 1.54) is 0 Å². The average Bonchev–Trinajstić information content (AvgIpc) is 1.90. The highest BCUT2D eigenvalue weighted by Gasteiger charge is 2.68. The normalized spacial score (nSPS) is 30.7. The smallest absolute Gasteiger partial charge is 0.261 e. The fourth-order valence-corrected chi connectivity index (χ4v) is 2.41. The first-order valence-electron chi connectivity index (χ1n) is 2.86. The molecular weight excluding hydrogens is 250 g/mol. The number of aliphatic hydroxyl groups is 2. The number of hydrogen-bond donors (Lipinski definition) is 2. The summed E-state index contributed by atoms with van der Waals surface area (Å²) in [5.74, 6) is -4.09. The van der Waals surface area contributed by atoms with Crippen molar-refractivity contribution in [3.05, 3.63) is 0 Å². The van der Waals surface area contributed by atoms with Gasteiger partial charge in [0.25, 0.3) is 5.79 Å². The lowest BCUT2D eigenvalue weighted by Crippen LogP contribution is -2.48. The molecule has 1 saturated carbocycles. The van der Waals surface area contributed by atoms with Crippen molar-refractivity contribution in [1.82, 2.24) is 0 Å². The van der Waals surface area contributed by atoms with Gasteiger partial charge in [-0.1, -0.05) is 46.4 Å². The van der Waals surface area contributed by atoms with E-state index < -0.39 is 26.7 Å². The summed E-state index contributed by atoms with van der Waals surface area (Å²) in [7, 11) is 0. The molecule has 0 spiro atoms. The first-order chi connectivity index (χ1) is 5.11. The van der Waals surface area contributed by atoms with E-state index in [9.17, 15) is 4.79 Å². The molecular formula is C5H4Cl4O3. The molecule has 1 rings (SSSR count). The predicted octanol–water partition coefficient (Wildman–Crippen LogP) is 0.988. The topological polar surface area (TPSA) is 57.5 Å². The van der Waals surface area contributed by atoms with Gasteiger partial charge < -0.3 is 10.2 Å². The molecule has 0 aromatic rings. The van der Waals surface area contributed by atoms with E-state index in [0.29, 0.717) is 0 Å². The Morgan fingerprint density at radius 3 is 1.67 bits per heavy atom. The Morgan fingerprint density at radius 2 is 1.58 bits per heavy atom. The minimum Gasteiger partial charge on any atom is -0.357 e. The molecule has 0 amide bonds. The fraction of sp³-hybridized carbons (Fsp3) is 0.800. The third kappa shape index (κ3) is 1.33. The fourth-order valence-electron chi connectivity index (χ4n) is 0.903. The Bertz CT molecular complexity index is 235. The van der Waals surface area contributed by atoms with E-state index in [-0.39, 0.29) is 0 Å². The second kappa shape index (κ2) is 2.62. The van der Waals surface area contributed by atoms with Crippen molar-refractivity contribution in [3.8, 4) is 0 Å². The molecule has 0 radical (unpaired) electrons. The van der Waals surface area contributed by atoms with Crippen LogP contribution in [0.25, 0.3) is 0 Å². The maximum atomic E-state index is 11.0. The number of alkyl halides is 4. The molecule has 2 N–H and O–H groups in total. The second-order valence-corrected chi connectivity index (χ2v) is 5.55. The predicted molar refractivity (Wildman–Crippen MR) is 45.7 cm³/mol. The summed E-state index contributed by atoms with van der Waals surface area (Å²) in [6, 6.07) is 0. The number of carbonyl (C=O) groups is 1. The number of Topliss-reactive ketones (excluding diaryl/α,β-unsaturated/α-hetero) is 1. The quantitative estimate of drug-likeness (QED) is 0.500. The lowest BCUT2D eigenvalue weighted by atomic mass is 10.2. The molecule has 7 heteroatoms. The minimum absolute atomic E-state index is 0.432. The van der Waals surface area contributed by atoms with Crippen LogP contribution in [0.4, 0.5) is 0 Å². The van der Waals surface area contributed by atoms with Gasteiger partial charge in [-0.2, -0.15) is 0 Å². The van der Waals surface area contributed by atoms with Gasteiger partial charge in [-0.3, -0.25) is 4.79 Å². The van der Waals surface area contributed by atoms with Gasteiger partial charge in [-0.25, -0.2) is 0 Å². The van der Waals surface area contributed by atoms with E-state index in [1.54, 1.807) is 0 Å². The summed E-state index contributed by atoms with van der Waals surface area (Å²) >= 11 is 21.7. The van der Waals surface area contributed by atoms with Crippen molar-refractivity contribution in [1.29, 1.82) is 0 Å². The van der Waals surface area contributed by atoms with Gasteiger partial charge in [0, 0.05) is 6.42 Å². The molecule has 0 bridgehead atoms. The summed E-state index contributed by atoms with van der Waals surface area (Å²) in [5.41, 5.74) is 0. The van der Waals surface area contributed by atoms with Crippen LogP contribution in [0.3, 0.4) is 0 Å². The summed E-state index contributed by atoms with van der Waals surface area (Å²) < 4.78 is -4.00. The molecule has 0 atom stereocenters. The number of carbonyl (C=O) groups excluding carboxylic acids is 1. The number of rotatable bonds is 0. The zero-order chi connectivity index (χ0) is 9.78. The molecule has 0 aromatic carbocycles. The Labute approximate surface area is 88.2 Å². The van der Waals surface area contributed by atoms with Crippen LogP contribution in [0.15, 0.2) is 0 Å². The first kappa shape index (κ1) is 10.8. The van der Waals surface area contributed by atoms with Crippen molar-refractivity contribution in [2.45, 2.75) is 20.9 Å². The highest BCUT2D eigenvalue weighted by atomic mass is 35.5. The summed E-state index contributed by atoms with van der Waals surface area (Å²) in [4.78, 5) is 11.0. The zero-order valence-corrected chi connectivity index (χ0v) is 8.55. The van der Waals surface area contributed by atoms with Crippen LogP contribution in [-0.4, -0.2) is 30.5 Å². The lowest BCUT2D eigenvalue weighted by molar-refractivity contribution is -0.178. The standard InChI is InChI=1S/C5H4Cl4O3/c6-3(7)1-4(8,9)5(11,12)2(3)10/h11-12H,1H2. The highest BCUT2D eigenvalue weighted by Crippen LogP contribution is 2.52. The van der Waals surface area contributed by atoms with Crippen molar-refractivity contribution in [3.63, 3.8) is 0 Å². The van der Waals surface area contributed by atoms with Crippen molar-refractivity contribution < 1.29 is 15.0 Å². The SMILES string of the molecule is O=C1C(Cl)(Cl)CC(Cl)(Cl)C1(O)O. The summed E-state index contributed by atoms with van der Waals surface area (Å²) in [6.07, 6.45) is -0.432. The van der Waals surface area contributed by atoms with Gasteiger partial charge >= 0.3 is 0 Å². The molecule has 70 valence electrons. The van der Waals surface area contributed by atoms with E-state index in [0.717, 1.165) is 0 Å². The molecule has 0 saturated heterocycles. The van der Waals surface area contributed by atoms with E-state index in [2.05, 4.69) is 0 Å². The van der Waals surface area contributed by atoms with Crippen molar-refractivity contribution >= 4 is 52.2 Å². The largest absolute Gasteiger partial charge is 0.357 e. The number of ketones is 1. The monoisotopic (exact) mass is 252 g/mol. The first-order valence-corrected chi connectivity index (χ1v) is 4.38. The summed E-state index contributed by atoms with van der Waals surface area (Å²) in [5, 5.41) is 18.2. The molecule has 1 fully saturated rings. The molecule has 0 aliphatic heterocycles. The zero-order valence-electron chi connectivity index (χ0n) is 5.52. The van der Waals surface area contributed by atoms with Crippen LogP contribution in [0, 0.1) is 0 Å². The Hall–Kier alpha value is 0.750. The second-order valence-electron chi connectivity index (χ2n) is 2.59. The van der Waals surface area contributed by atoms with Crippen LogP contribution in [0.1, 0.15) is 6.42 Å². The Kier molecular flexibility index (Phi) is 2.37. The molecule has 12 heavy (non-hydrogen) atoms. The molecule has 1 aliphatic carbocycles.